The van der Waals surface area contributed by atoms with Crippen LogP contribution in [-0.4, -0.2) is 29.3 Å². The van der Waals surface area contributed by atoms with Gasteiger partial charge in [-0.05, 0) is 38.3 Å². The van der Waals surface area contributed by atoms with Gasteiger partial charge in [0.15, 0.2) is 5.78 Å². The largest absolute Gasteiger partial charge is 0.460 e. The summed E-state index contributed by atoms with van der Waals surface area (Å²) in [4.78, 5) is 38.4. The molecule has 2 aromatic rings. The molecule has 0 aliphatic rings. The number of hydrogen-bond acceptors (Lipinski definition) is 4. The van der Waals surface area contributed by atoms with Crippen molar-refractivity contribution < 1.29 is 19.1 Å². The first-order valence-corrected chi connectivity index (χ1v) is 10.6. The summed E-state index contributed by atoms with van der Waals surface area (Å²) in [6, 6.07) is 18.4. The molecule has 0 aliphatic heterocycles. The molecule has 0 aliphatic carbocycles. The van der Waals surface area contributed by atoms with Crippen LogP contribution in [-0.2, 0) is 32.0 Å². The molecule has 0 bridgehead atoms. The number of esters is 1. The molecule has 0 fully saturated rings. The summed E-state index contributed by atoms with van der Waals surface area (Å²) in [6.07, 6.45) is 0.549. The zero-order valence-electron chi connectivity index (χ0n) is 19.1. The summed E-state index contributed by atoms with van der Waals surface area (Å²) in [5.74, 6) is -0.861. The first kappa shape index (κ1) is 24.3. The topological polar surface area (TPSA) is 72.5 Å². The van der Waals surface area contributed by atoms with Crippen molar-refractivity contribution in [1.29, 1.82) is 0 Å². The smallest absolute Gasteiger partial charge is 0.307 e. The number of carbonyl (C=O) groups excluding carboxylic acids is 3. The monoisotopic (exact) mass is 423 g/mol. The normalized spacial score (nSPS) is 12.7. The Balaban J connectivity index is 2.14. The van der Waals surface area contributed by atoms with E-state index in [1.165, 1.54) is 0 Å². The molecule has 0 saturated heterocycles. The fraction of sp³-hybridized carbons (Fsp3) is 0.423. The Morgan fingerprint density at radius 1 is 0.839 bits per heavy atom. The van der Waals surface area contributed by atoms with Crippen LogP contribution >= 0.6 is 0 Å². The molecule has 2 rings (SSSR count). The predicted molar refractivity (Wildman–Crippen MR) is 121 cm³/mol. The molecule has 5 nitrogen and oxygen atoms in total. The third kappa shape index (κ3) is 8.36. The first-order chi connectivity index (χ1) is 14.5. The molecule has 31 heavy (non-hydrogen) atoms. The Labute approximate surface area is 185 Å². The minimum atomic E-state index is -1.01. The van der Waals surface area contributed by atoms with E-state index >= 15 is 0 Å². The van der Waals surface area contributed by atoms with Gasteiger partial charge in [0.1, 0.15) is 5.60 Å². The maximum Gasteiger partial charge on any atom is 0.307 e. The summed E-state index contributed by atoms with van der Waals surface area (Å²) in [6.45, 7) is 8.74. The molecular formula is C26H33NO4. The van der Waals surface area contributed by atoms with Gasteiger partial charge in [-0.1, -0.05) is 74.5 Å². The van der Waals surface area contributed by atoms with Gasteiger partial charge in [0, 0.05) is 6.42 Å². The van der Waals surface area contributed by atoms with E-state index in [0.717, 1.165) is 11.1 Å². The lowest BCUT2D eigenvalue weighted by Gasteiger charge is -2.28. The fourth-order valence-corrected chi connectivity index (χ4v) is 3.19. The first-order valence-electron chi connectivity index (χ1n) is 10.6. The number of nitrogens with one attached hydrogen (secondary N) is 1. The van der Waals surface area contributed by atoms with Crippen molar-refractivity contribution in [2.24, 2.45) is 5.41 Å². The molecule has 0 heterocycles. The lowest BCUT2D eigenvalue weighted by molar-refractivity contribution is -0.159. The predicted octanol–water partition coefficient (Wildman–Crippen LogP) is 4.28. The number of Topliss-reactive ketones (excluding diaryl/α,β-unsaturated/α-hetero) is 1. The van der Waals surface area contributed by atoms with Crippen LogP contribution in [0, 0.1) is 5.41 Å². The van der Waals surface area contributed by atoms with Crippen molar-refractivity contribution >= 4 is 17.7 Å². The van der Waals surface area contributed by atoms with E-state index in [9.17, 15) is 14.4 Å². The number of hydrogen-bond donors (Lipinski definition) is 1. The molecule has 1 N–H and O–H groups in total. The minimum Gasteiger partial charge on any atom is -0.460 e. The highest BCUT2D eigenvalue weighted by Crippen LogP contribution is 2.24. The van der Waals surface area contributed by atoms with Gasteiger partial charge >= 0.3 is 5.97 Å². The maximum absolute atomic E-state index is 13.1. The van der Waals surface area contributed by atoms with Crippen LogP contribution in [0.2, 0.25) is 0 Å². The number of rotatable bonds is 9. The lowest BCUT2D eigenvalue weighted by atomic mass is 9.87. The summed E-state index contributed by atoms with van der Waals surface area (Å²) in [5, 5.41) is 2.90. The molecule has 1 atom stereocenters. The second-order valence-corrected chi connectivity index (χ2v) is 9.49. The zero-order chi connectivity index (χ0) is 23.1. The van der Waals surface area contributed by atoms with Crippen LogP contribution < -0.4 is 5.32 Å². The average molecular weight is 424 g/mol. The second kappa shape index (κ2) is 10.4. The van der Waals surface area contributed by atoms with Crippen LogP contribution in [0.15, 0.2) is 60.7 Å². The minimum absolute atomic E-state index is 0.0684. The van der Waals surface area contributed by atoms with E-state index < -0.39 is 23.0 Å². The molecule has 0 aromatic heterocycles. The van der Waals surface area contributed by atoms with Crippen LogP contribution in [0.5, 0.6) is 0 Å². The summed E-state index contributed by atoms with van der Waals surface area (Å²) in [7, 11) is 0. The van der Waals surface area contributed by atoms with Gasteiger partial charge in [0.05, 0.1) is 17.9 Å². The van der Waals surface area contributed by atoms with E-state index in [1.54, 1.807) is 34.6 Å². The van der Waals surface area contributed by atoms with Gasteiger partial charge in [-0.15, -0.1) is 0 Å². The molecular weight excluding hydrogens is 390 g/mol. The highest BCUT2D eigenvalue weighted by Gasteiger charge is 2.35. The van der Waals surface area contributed by atoms with Gasteiger partial charge in [-0.3, -0.25) is 14.4 Å². The van der Waals surface area contributed by atoms with E-state index in [-0.39, 0.29) is 24.5 Å². The van der Waals surface area contributed by atoms with Gasteiger partial charge in [-0.2, -0.15) is 0 Å². The molecule has 0 spiro atoms. The van der Waals surface area contributed by atoms with Gasteiger partial charge < -0.3 is 10.1 Å². The van der Waals surface area contributed by atoms with Gasteiger partial charge in [0.2, 0.25) is 5.91 Å². The van der Waals surface area contributed by atoms with Crippen molar-refractivity contribution in [3.8, 4) is 0 Å². The molecule has 1 amide bonds. The van der Waals surface area contributed by atoms with Crippen molar-refractivity contribution in [1.82, 2.24) is 5.32 Å². The molecule has 5 heteroatoms. The highest BCUT2D eigenvalue weighted by molar-refractivity contribution is 5.93. The third-order valence-electron chi connectivity index (χ3n) is 4.82. The Hall–Kier alpha value is -2.95. The third-order valence-corrected chi connectivity index (χ3v) is 4.82. The van der Waals surface area contributed by atoms with Crippen LogP contribution in [0.3, 0.4) is 0 Å². The average Bonchev–Trinajstić information content (AvgIpc) is 2.67. The van der Waals surface area contributed by atoms with E-state index in [2.05, 4.69) is 5.32 Å². The summed E-state index contributed by atoms with van der Waals surface area (Å²) in [5.41, 5.74) is 0.224. The van der Waals surface area contributed by atoms with Crippen molar-refractivity contribution in [2.75, 3.05) is 0 Å². The van der Waals surface area contributed by atoms with Gasteiger partial charge in [0.25, 0.3) is 0 Å². The lowest BCUT2D eigenvalue weighted by Crippen LogP contribution is -2.49. The molecule has 2 aromatic carbocycles. The van der Waals surface area contributed by atoms with Crippen LogP contribution in [0.1, 0.15) is 52.2 Å². The van der Waals surface area contributed by atoms with Crippen LogP contribution in [0.25, 0.3) is 0 Å². The highest BCUT2D eigenvalue weighted by atomic mass is 16.6. The molecule has 1 unspecified atom stereocenters. The van der Waals surface area contributed by atoms with E-state index in [4.69, 9.17) is 4.74 Å². The SMILES string of the molecule is CC(C)(C)OC(=O)CC(C)(C)C(=O)NC(Cc1ccccc1)C(=O)Cc1ccccc1. The Morgan fingerprint density at radius 3 is 1.87 bits per heavy atom. The standard InChI is InChI=1S/C26H33NO4/c1-25(2,3)31-23(29)18-26(4,5)24(30)27-21(16-19-12-8-6-9-13-19)22(28)17-20-14-10-7-11-15-20/h6-15,21H,16-18H2,1-5H3,(H,27,30). The van der Waals surface area contributed by atoms with Crippen molar-refractivity contribution in [3.05, 3.63) is 71.8 Å². The number of benzene rings is 2. The number of amides is 1. The second-order valence-electron chi connectivity index (χ2n) is 9.49. The zero-order valence-corrected chi connectivity index (χ0v) is 19.1. The fourth-order valence-electron chi connectivity index (χ4n) is 3.19. The van der Waals surface area contributed by atoms with Gasteiger partial charge in [-0.25, -0.2) is 0 Å². The molecule has 0 radical (unpaired) electrons. The molecule has 166 valence electrons. The Bertz CT molecular complexity index is 883. The number of ether oxygens (including phenoxy) is 1. The summed E-state index contributed by atoms with van der Waals surface area (Å²) >= 11 is 0. The number of carbonyl (C=O) groups is 3. The van der Waals surface area contributed by atoms with Crippen molar-refractivity contribution in [3.63, 3.8) is 0 Å². The quantitative estimate of drug-likeness (QED) is 0.611. The van der Waals surface area contributed by atoms with E-state index in [1.807, 2.05) is 60.7 Å². The van der Waals surface area contributed by atoms with Crippen LogP contribution in [0.4, 0.5) is 0 Å². The molecule has 0 saturated carbocycles. The Morgan fingerprint density at radius 2 is 1.35 bits per heavy atom. The maximum atomic E-state index is 13.1. The summed E-state index contributed by atoms with van der Waals surface area (Å²) < 4.78 is 5.36. The Kier molecular flexibility index (Phi) is 8.14. The number of ketones is 1. The van der Waals surface area contributed by atoms with Crippen molar-refractivity contribution in [2.45, 2.75) is 65.5 Å². The van der Waals surface area contributed by atoms with E-state index in [0.29, 0.717) is 6.42 Å².